The topological polar surface area (TPSA) is 60.9 Å². The second kappa shape index (κ2) is 8.47. The third-order valence-corrected chi connectivity index (χ3v) is 6.49. The Morgan fingerprint density at radius 2 is 2.00 bits per heavy atom. The SMILES string of the molecule is CC1CCN(Cc2ccccc2)CC1N(C)c1cc(-c2c[nH]c3ncccc23)ncn1.[HH]. The lowest BCUT2D eigenvalue weighted by Crippen LogP contribution is -2.50. The third kappa shape index (κ3) is 4.03. The van der Waals surface area contributed by atoms with Gasteiger partial charge in [0.15, 0.2) is 0 Å². The smallest absolute Gasteiger partial charge is 0.137 e. The monoisotopic (exact) mass is 414 g/mol. The molecule has 0 amide bonds. The number of fused-ring (bicyclic) bond motifs is 1. The maximum atomic E-state index is 4.62. The van der Waals surface area contributed by atoms with Crippen molar-refractivity contribution in [3.8, 4) is 11.3 Å². The predicted octanol–water partition coefficient (Wildman–Crippen LogP) is 4.61. The number of piperidine rings is 1. The van der Waals surface area contributed by atoms with E-state index in [9.17, 15) is 0 Å². The van der Waals surface area contributed by atoms with Gasteiger partial charge in [0.25, 0.3) is 0 Å². The highest BCUT2D eigenvalue weighted by Crippen LogP contribution is 2.30. The van der Waals surface area contributed by atoms with E-state index < -0.39 is 0 Å². The number of aromatic amines is 1. The van der Waals surface area contributed by atoms with E-state index in [1.807, 2.05) is 12.3 Å². The fraction of sp³-hybridized carbons (Fsp3) is 0.320. The summed E-state index contributed by atoms with van der Waals surface area (Å²) in [6.07, 6.45) is 6.64. The van der Waals surface area contributed by atoms with E-state index in [1.165, 1.54) is 12.0 Å². The highest BCUT2D eigenvalue weighted by Gasteiger charge is 2.30. The van der Waals surface area contributed by atoms with Gasteiger partial charge in [-0.2, -0.15) is 0 Å². The van der Waals surface area contributed by atoms with Crippen molar-refractivity contribution in [2.75, 3.05) is 25.0 Å². The highest BCUT2D eigenvalue weighted by molar-refractivity contribution is 5.92. The number of aromatic nitrogens is 4. The maximum absolute atomic E-state index is 4.62. The fourth-order valence-corrected chi connectivity index (χ4v) is 4.63. The number of likely N-dealkylation sites (tertiary alicyclic amines) is 1. The third-order valence-electron chi connectivity index (χ3n) is 6.49. The largest absolute Gasteiger partial charge is 0.355 e. The van der Waals surface area contributed by atoms with Crippen LogP contribution in [0, 0.1) is 5.92 Å². The Morgan fingerprint density at radius 1 is 1.13 bits per heavy atom. The number of anilines is 1. The van der Waals surface area contributed by atoms with Crippen molar-refractivity contribution in [2.45, 2.75) is 25.9 Å². The zero-order valence-electron chi connectivity index (χ0n) is 18.1. The van der Waals surface area contributed by atoms with Crippen molar-refractivity contribution in [3.63, 3.8) is 0 Å². The minimum absolute atomic E-state index is 0. The van der Waals surface area contributed by atoms with Crippen molar-refractivity contribution in [1.82, 2.24) is 24.8 Å². The van der Waals surface area contributed by atoms with E-state index in [2.05, 4.69) is 86.2 Å². The Bertz CT molecular complexity index is 1160. The molecule has 4 heterocycles. The van der Waals surface area contributed by atoms with E-state index in [1.54, 1.807) is 12.5 Å². The summed E-state index contributed by atoms with van der Waals surface area (Å²) in [6.45, 7) is 5.52. The van der Waals surface area contributed by atoms with Gasteiger partial charge in [0, 0.05) is 57.0 Å². The molecule has 1 aliphatic heterocycles. The first-order valence-electron chi connectivity index (χ1n) is 10.9. The van der Waals surface area contributed by atoms with Gasteiger partial charge >= 0.3 is 0 Å². The Balaban J connectivity index is 0.00000245. The minimum atomic E-state index is 0. The van der Waals surface area contributed by atoms with Crippen LogP contribution in [0.15, 0.2) is 67.3 Å². The molecule has 0 saturated carbocycles. The van der Waals surface area contributed by atoms with Gasteiger partial charge in [-0.25, -0.2) is 15.0 Å². The van der Waals surface area contributed by atoms with Crippen molar-refractivity contribution in [3.05, 3.63) is 72.8 Å². The quantitative estimate of drug-likeness (QED) is 0.517. The lowest BCUT2D eigenvalue weighted by atomic mass is 9.92. The number of rotatable bonds is 5. The van der Waals surface area contributed by atoms with Gasteiger partial charge in [0.2, 0.25) is 0 Å². The maximum Gasteiger partial charge on any atom is 0.137 e. The molecule has 6 nitrogen and oxygen atoms in total. The zero-order valence-corrected chi connectivity index (χ0v) is 18.1. The first-order chi connectivity index (χ1) is 15.2. The van der Waals surface area contributed by atoms with Crippen LogP contribution in [0.2, 0.25) is 0 Å². The number of hydrogen-bond acceptors (Lipinski definition) is 5. The molecule has 1 N–H and O–H groups in total. The summed E-state index contributed by atoms with van der Waals surface area (Å²) < 4.78 is 0. The number of benzene rings is 1. The van der Waals surface area contributed by atoms with Crippen LogP contribution in [-0.4, -0.2) is 51.0 Å². The van der Waals surface area contributed by atoms with Gasteiger partial charge in [-0.05, 0) is 36.6 Å². The average Bonchev–Trinajstić information content (AvgIpc) is 3.25. The molecule has 160 valence electrons. The lowest BCUT2D eigenvalue weighted by molar-refractivity contribution is 0.159. The summed E-state index contributed by atoms with van der Waals surface area (Å²) in [6, 6.07) is 17.3. The molecule has 2 unspecified atom stereocenters. The van der Waals surface area contributed by atoms with Gasteiger partial charge < -0.3 is 9.88 Å². The Morgan fingerprint density at radius 3 is 2.87 bits per heavy atom. The van der Waals surface area contributed by atoms with E-state index in [0.29, 0.717) is 12.0 Å². The molecular weight excluding hydrogens is 384 g/mol. The summed E-state index contributed by atoms with van der Waals surface area (Å²) in [5.74, 6) is 1.56. The number of nitrogens with zero attached hydrogens (tertiary/aromatic N) is 5. The van der Waals surface area contributed by atoms with Crippen molar-refractivity contribution >= 4 is 16.9 Å². The molecule has 1 aliphatic rings. The number of H-pyrrole nitrogens is 1. The zero-order chi connectivity index (χ0) is 21.2. The molecule has 1 fully saturated rings. The van der Waals surface area contributed by atoms with Gasteiger partial charge in [-0.15, -0.1) is 0 Å². The molecule has 4 aromatic rings. The summed E-state index contributed by atoms with van der Waals surface area (Å²) in [4.78, 5) is 21.7. The molecule has 0 aliphatic carbocycles. The molecule has 6 heteroatoms. The Kier molecular flexibility index (Phi) is 5.38. The van der Waals surface area contributed by atoms with Gasteiger partial charge in [-0.3, -0.25) is 4.90 Å². The molecule has 3 aromatic heterocycles. The predicted molar refractivity (Wildman–Crippen MR) is 127 cm³/mol. The second-order valence-corrected chi connectivity index (χ2v) is 8.53. The van der Waals surface area contributed by atoms with Crippen molar-refractivity contribution in [1.29, 1.82) is 0 Å². The van der Waals surface area contributed by atoms with E-state index in [-0.39, 0.29) is 1.43 Å². The van der Waals surface area contributed by atoms with E-state index in [0.717, 1.165) is 47.7 Å². The van der Waals surface area contributed by atoms with Gasteiger partial charge in [0.05, 0.1) is 5.69 Å². The standard InChI is InChI=1S/C25H28N6.H2/c1-18-10-12-31(15-19-7-4-3-5-8-19)16-23(18)30(2)24-13-22(28-17-29-24)21-14-27-25-20(21)9-6-11-26-25;/h3-9,11,13-14,17-18,23H,10,12,15-16H2,1-2H3,(H,26,27);1H. The van der Waals surface area contributed by atoms with Crippen LogP contribution in [0.4, 0.5) is 5.82 Å². The first kappa shape index (κ1) is 19.7. The summed E-state index contributed by atoms with van der Waals surface area (Å²) in [5, 5.41) is 1.08. The van der Waals surface area contributed by atoms with Crippen molar-refractivity contribution in [2.24, 2.45) is 5.92 Å². The molecule has 5 rings (SSSR count). The van der Waals surface area contributed by atoms with E-state index >= 15 is 0 Å². The first-order valence-corrected chi connectivity index (χ1v) is 10.9. The van der Waals surface area contributed by atoms with Crippen LogP contribution in [0.1, 0.15) is 20.3 Å². The molecule has 2 atom stereocenters. The van der Waals surface area contributed by atoms with Gasteiger partial charge in [0.1, 0.15) is 17.8 Å². The number of hydrogen-bond donors (Lipinski definition) is 1. The molecule has 0 radical (unpaired) electrons. The molecule has 0 bridgehead atoms. The summed E-state index contributed by atoms with van der Waals surface area (Å²) in [7, 11) is 2.16. The average molecular weight is 415 g/mol. The Labute approximate surface area is 184 Å². The fourth-order valence-electron chi connectivity index (χ4n) is 4.63. The van der Waals surface area contributed by atoms with Crippen molar-refractivity contribution < 1.29 is 1.43 Å². The normalized spacial score (nSPS) is 19.5. The van der Waals surface area contributed by atoms with Crippen LogP contribution >= 0.6 is 0 Å². The number of nitrogens with one attached hydrogen (secondary N) is 1. The minimum Gasteiger partial charge on any atom is -0.355 e. The summed E-state index contributed by atoms with van der Waals surface area (Å²) in [5.41, 5.74) is 4.22. The number of pyridine rings is 1. The van der Waals surface area contributed by atoms with E-state index in [4.69, 9.17) is 0 Å². The number of likely N-dealkylation sites (N-methyl/N-ethyl adjacent to an activating group) is 1. The lowest BCUT2D eigenvalue weighted by Gasteiger charge is -2.42. The molecule has 0 spiro atoms. The van der Waals surface area contributed by atoms with Crippen LogP contribution in [0.5, 0.6) is 0 Å². The molecule has 1 aromatic carbocycles. The summed E-state index contributed by atoms with van der Waals surface area (Å²) >= 11 is 0. The van der Waals surface area contributed by atoms with Crippen LogP contribution in [0.25, 0.3) is 22.3 Å². The molecule has 31 heavy (non-hydrogen) atoms. The Hall–Kier alpha value is -3.25. The van der Waals surface area contributed by atoms with Crippen LogP contribution in [-0.2, 0) is 6.54 Å². The van der Waals surface area contributed by atoms with Crippen LogP contribution < -0.4 is 4.90 Å². The molecule has 1 saturated heterocycles. The van der Waals surface area contributed by atoms with Crippen LogP contribution in [0.3, 0.4) is 0 Å². The molecular formula is C25H30N6. The van der Waals surface area contributed by atoms with Gasteiger partial charge in [-0.1, -0.05) is 37.3 Å². The highest BCUT2D eigenvalue weighted by atomic mass is 15.3. The second-order valence-electron chi connectivity index (χ2n) is 8.53.